The number of hydrogen-bond donors (Lipinski definition) is 2. The third-order valence-corrected chi connectivity index (χ3v) is 15.1. The molecule has 2 N–H and O–H groups in total. The molecule has 6 aromatic carbocycles. The van der Waals surface area contributed by atoms with Gasteiger partial charge in [-0.15, -0.1) is 22.7 Å². The quantitative estimate of drug-likeness (QED) is 0.0906. The zero-order chi connectivity index (χ0) is 49.3. The van der Waals surface area contributed by atoms with E-state index in [0.29, 0.717) is 59.5 Å². The van der Waals surface area contributed by atoms with Gasteiger partial charge in [-0.25, -0.2) is 8.78 Å². The summed E-state index contributed by atoms with van der Waals surface area (Å²) in [4.78, 5) is 32.5. The number of phenolic OH excluding ortho intramolecular Hbond substituents is 2. The molecule has 14 heteroatoms. The summed E-state index contributed by atoms with van der Waals surface area (Å²) in [7, 11) is 0. The Bertz CT molecular complexity index is 3220. The minimum Gasteiger partial charge on any atom is -0.508 e. The van der Waals surface area contributed by atoms with Crippen molar-refractivity contribution in [3.63, 3.8) is 0 Å². The molecule has 3 aliphatic rings. The monoisotopic (exact) mass is 994 g/mol. The number of rotatable bonds is 16. The van der Waals surface area contributed by atoms with E-state index in [1.165, 1.54) is 78.7 Å². The largest absolute Gasteiger partial charge is 0.508 e. The maximum Gasteiger partial charge on any atom is 0.207 e. The first-order valence-electron chi connectivity index (χ1n) is 23.8. The molecule has 8 aromatic rings. The molecular weight excluding hydrogens is 943 g/mol. The van der Waals surface area contributed by atoms with E-state index < -0.39 is 5.82 Å². The Morgan fingerprint density at radius 2 is 1.13 bits per heavy atom. The Morgan fingerprint density at radius 1 is 0.620 bits per heavy atom. The lowest BCUT2D eigenvalue weighted by Crippen LogP contribution is -2.54. The van der Waals surface area contributed by atoms with Crippen LogP contribution in [-0.4, -0.2) is 82.6 Å². The number of ether oxygens (including phenoxy) is 4. The molecule has 0 radical (unpaired) electrons. The van der Waals surface area contributed by atoms with Crippen molar-refractivity contribution < 1.29 is 47.5 Å². The molecule has 2 aromatic heterocycles. The lowest BCUT2D eigenvalue weighted by Gasteiger charge is -2.39. The van der Waals surface area contributed by atoms with Crippen LogP contribution in [0.15, 0.2) is 121 Å². The molecule has 71 heavy (non-hydrogen) atoms. The number of likely N-dealkylation sites (tertiary alicyclic amines) is 2. The highest BCUT2D eigenvalue weighted by Crippen LogP contribution is 2.45. The molecule has 0 unspecified atom stereocenters. The summed E-state index contributed by atoms with van der Waals surface area (Å²) in [5, 5.41) is 21.3. The van der Waals surface area contributed by atoms with Crippen LogP contribution in [-0.2, 0) is 0 Å². The van der Waals surface area contributed by atoms with E-state index in [1.807, 2.05) is 48.5 Å². The maximum absolute atomic E-state index is 13.9. The number of aromatic hydroxyl groups is 2. The van der Waals surface area contributed by atoms with Gasteiger partial charge in [0, 0.05) is 63.5 Å². The predicted molar refractivity (Wildman–Crippen MR) is 274 cm³/mol. The lowest BCUT2D eigenvalue weighted by molar-refractivity contribution is 0.0143. The van der Waals surface area contributed by atoms with Crippen molar-refractivity contribution in [3.8, 4) is 46.0 Å². The van der Waals surface area contributed by atoms with Gasteiger partial charge in [0.25, 0.3) is 0 Å². The fourth-order valence-corrected chi connectivity index (χ4v) is 11.2. The van der Waals surface area contributed by atoms with Crippen molar-refractivity contribution in [2.75, 3.05) is 32.7 Å². The average Bonchev–Trinajstić information content (AvgIpc) is 4.02. The van der Waals surface area contributed by atoms with Gasteiger partial charge in [0.05, 0.1) is 0 Å². The predicted octanol–water partition coefficient (Wildman–Crippen LogP) is 13.2. The highest BCUT2D eigenvalue weighted by Gasteiger charge is 2.39. The Balaban J connectivity index is 0.000000164. The lowest BCUT2D eigenvalue weighted by atomic mass is 9.97. The molecule has 3 fully saturated rings. The van der Waals surface area contributed by atoms with Crippen molar-refractivity contribution in [1.82, 2.24) is 9.80 Å². The molecule has 2 saturated heterocycles. The number of fused-ring (bicyclic) bond motifs is 2. The number of benzene rings is 6. The molecule has 1 saturated carbocycles. The summed E-state index contributed by atoms with van der Waals surface area (Å²) in [6, 6.07) is 33.7. The van der Waals surface area contributed by atoms with Crippen LogP contribution in [0.3, 0.4) is 0 Å². The average molecular weight is 995 g/mol. The van der Waals surface area contributed by atoms with E-state index in [0.717, 1.165) is 60.4 Å². The number of carbonyl (C=O) groups excluding carboxylic acids is 2. The van der Waals surface area contributed by atoms with Gasteiger partial charge in [-0.1, -0.05) is 25.5 Å². The van der Waals surface area contributed by atoms with Crippen LogP contribution in [0, 0.1) is 25.5 Å². The van der Waals surface area contributed by atoms with Gasteiger partial charge >= 0.3 is 0 Å². The van der Waals surface area contributed by atoms with Crippen LogP contribution >= 0.6 is 22.7 Å². The van der Waals surface area contributed by atoms with Gasteiger partial charge in [-0.05, 0) is 160 Å². The Kier molecular flexibility index (Phi) is 13.8. The van der Waals surface area contributed by atoms with E-state index in [-0.39, 0.29) is 46.7 Å². The highest BCUT2D eigenvalue weighted by atomic mass is 32.1. The first-order chi connectivity index (χ1) is 34.3. The topological polar surface area (TPSA) is 118 Å². The number of aryl methyl sites for hydroxylation is 2. The summed E-state index contributed by atoms with van der Waals surface area (Å²) in [5.74, 6) is 2.29. The Labute approximate surface area is 418 Å². The molecule has 0 spiro atoms. The summed E-state index contributed by atoms with van der Waals surface area (Å²) >= 11 is 2.46. The summed E-state index contributed by atoms with van der Waals surface area (Å²) < 4.78 is 53.7. The fourth-order valence-electron chi connectivity index (χ4n) is 9.00. The number of carbonyl (C=O) groups is 2. The molecule has 0 amide bonds. The molecule has 11 rings (SSSR count). The number of thiophene rings is 2. The normalized spacial score (nSPS) is 15.2. The zero-order valence-corrected chi connectivity index (χ0v) is 41.1. The number of halogens is 2. The van der Waals surface area contributed by atoms with Crippen LogP contribution in [0.4, 0.5) is 8.78 Å². The summed E-state index contributed by atoms with van der Waals surface area (Å²) in [6.45, 7) is 10.6. The standard InChI is InChI=1S/C29H26FNO4S.C28H26FNO4S/c1-16-11-18(30)12-17(2)26(16)27(33)29-28(24-10-5-20(32)13-25(24)36-29)35-22-8-6-21(7-9-22)34-23-14-31(15-23)19-3-4-19;1-2-3-13-30-16-23(17-30)33-21-8-10-22(11-9-21)34-27-24-12-7-20(31)15-25(24)35-28(27)26(32)18-5-4-6-19(29)14-18/h5-13,19,23,32H,3-4,14-15H2,1-2H3;4-12,14-15,23,31H,2-3,13,16-17H2,1H3. The zero-order valence-electron chi connectivity index (χ0n) is 39.5. The molecule has 1 aliphatic carbocycles. The number of hydrogen-bond acceptors (Lipinski definition) is 12. The second-order valence-corrected chi connectivity index (χ2v) is 20.5. The molecule has 0 bridgehead atoms. The second kappa shape index (κ2) is 20.5. The molecule has 364 valence electrons. The van der Waals surface area contributed by atoms with Crippen molar-refractivity contribution in [1.29, 1.82) is 0 Å². The smallest absolute Gasteiger partial charge is 0.207 e. The maximum atomic E-state index is 13.9. The van der Waals surface area contributed by atoms with Gasteiger partial charge in [-0.2, -0.15) is 0 Å². The SMILES string of the molecule is CCCCN1CC(Oc2ccc(Oc3c(C(=O)c4cccc(F)c4)sc4cc(O)ccc34)cc2)C1.Cc1cc(F)cc(C)c1C(=O)c1sc2cc(O)ccc2c1Oc1ccc(OC2CN(C3CC3)C2)cc1. The molecule has 4 heterocycles. The van der Waals surface area contributed by atoms with Gasteiger partial charge in [0.15, 0.2) is 11.5 Å². The fraction of sp³-hybridized carbons (Fsp3) is 0.263. The van der Waals surface area contributed by atoms with Gasteiger partial charge in [0.1, 0.15) is 68.1 Å². The van der Waals surface area contributed by atoms with Crippen LogP contribution in [0.1, 0.15) is 74.2 Å². The van der Waals surface area contributed by atoms with E-state index in [1.54, 1.807) is 56.3 Å². The van der Waals surface area contributed by atoms with Crippen LogP contribution in [0.25, 0.3) is 20.2 Å². The number of ketones is 2. The number of phenols is 2. The third-order valence-electron chi connectivity index (χ3n) is 12.9. The third kappa shape index (κ3) is 10.8. The van der Waals surface area contributed by atoms with Crippen LogP contribution in [0.5, 0.6) is 46.0 Å². The molecular formula is C57H52F2N2O8S2. The minimum atomic E-state index is -0.479. The van der Waals surface area contributed by atoms with E-state index in [4.69, 9.17) is 18.9 Å². The minimum absolute atomic E-state index is 0.0980. The van der Waals surface area contributed by atoms with Crippen molar-refractivity contribution >= 4 is 54.4 Å². The molecule has 2 aliphatic heterocycles. The summed E-state index contributed by atoms with van der Waals surface area (Å²) in [6.07, 6.45) is 5.43. The Morgan fingerprint density at radius 3 is 1.63 bits per heavy atom. The first kappa shape index (κ1) is 47.8. The van der Waals surface area contributed by atoms with E-state index in [2.05, 4.69) is 16.7 Å². The van der Waals surface area contributed by atoms with Crippen LogP contribution < -0.4 is 18.9 Å². The van der Waals surface area contributed by atoms with Gasteiger partial charge < -0.3 is 29.2 Å². The first-order valence-corrected chi connectivity index (χ1v) is 25.5. The Hall–Kier alpha value is -6.84. The van der Waals surface area contributed by atoms with Crippen molar-refractivity contribution in [3.05, 3.63) is 165 Å². The number of unbranched alkanes of at least 4 members (excludes halogenated alkanes) is 1. The number of nitrogens with zero attached hydrogens (tertiary/aromatic N) is 2. The van der Waals surface area contributed by atoms with E-state index >= 15 is 0 Å². The van der Waals surface area contributed by atoms with Crippen molar-refractivity contribution in [2.24, 2.45) is 0 Å². The highest BCUT2D eigenvalue weighted by molar-refractivity contribution is 7.22. The molecule has 0 atom stereocenters. The summed E-state index contributed by atoms with van der Waals surface area (Å²) in [5.41, 5.74) is 1.84. The van der Waals surface area contributed by atoms with Gasteiger partial charge in [-0.3, -0.25) is 19.4 Å². The van der Waals surface area contributed by atoms with E-state index in [9.17, 15) is 28.6 Å². The van der Waals surface area contributed by atoms with Crippen molar-refractivity contribution in [2.45, 2.75) is 64.7 Å². The van der Waals surface area contributed by atoms with Crippen LogP contribution in [0.2, 0.25) is 0 Å². The second-order valence-electron chi connectivity index (χ2n) is 18.4. The molecule has 10 nitrogen and oxygen atoms in total. The van der Waals surface area contributed by atoms with Gasteiger partial charge in [0.2, 0.25) is 11.6 Å².